The van der Waals surface area contributed by atoms with E-state index in [4.69, 9.17) is 0 Å². The van der Waals surface area contributed by atoms with Crippen molar-refractivity contribution in [3.63, 3.8) is 0 Å². The van der Waals surface area contributed by atoms with Gasteiger partial charge in [0.15, 0.2) is 0 Å². The minimum atomic E-state index is -4.75. The molecule has 1 fully saturated rings. The number of alkyl halides is 3. The van der Waals surface area contributed by atoms with Crippen LogP contribution < -0.4 is 10.1 Å². The lowest BCUT2D eigenvalue weighted by Gasteiger charge is -2.30. The van der Waals surface area contributed by atoms with Crippen molar-refractivity contribution in [3.8, 4) is 5.75 Å². The molecule has 4 rings (SSSR count). The molecule has 10 heteroatoms. The van der Waals surface area contributed by atoms with Crippen molar-refractivity contribution in [1.29, 1.82) is 0 Å². The molecule has 218 valence electrons. The van der Waals surface area contributed by atoms with Crippen molar-refractivity contribution in [2.24, 2.45) is 0 Å². The zero-order valence-electron chi connectivity index (χ0n) is 23.6. The van der Waals surface area contributed by atoms with Gasteiger partial charge in [0.1, 0.15) is 11.9 Å². The SMILES string of the molecule is CN1[C@@H](CCNC(=O)c2cccnc2)C(=O)N(CCc2ccc(OC(F)(F)F)cc2)[C@@H]1c1ccc(C(C)(C)C)cc1. The lowest BCUT2D eigenvalue weighted by molar-refractivity contribution is -0.274. The first-order valence-electron chi connectivity index (χ1n) is 13.5. The average Bonchev–Trinajstić information content (AvgIpc) is 3.16. The van der Waals surface area contributed by atoms with Crippen LogP contribution in [0.25, 0.3) is 0 Å². The summed E-state index contributed by atoms with van der Waals surface area (Å²) < 4.78 is 41.5. The van der Waals surface area contributed by atoms with Crippen LogP contribution in [0.15, 0.2) is 73.1 Å². The first-order chi connectivity index (χ1) is 19.3. The van der Waals surface area contributed by atoms with E-state index < -0.39 is 12.4 Å². The predicted molar refractivity (Wildman–Crippen MR) is 149 cm³/mol. The van der Waals surface area contributed by atoms with Gasteiger partial charge in [-0.3, -0.25) is 19.5 Å². The van der Waals surface area contributed by atoms with Crippen LogP contribution in [0, 0.1) is 0 Å². The molecular weight excluding hydrogens is 533 g/mol. The van der Waals surface area contributed by atoms with E-state index in [0.29, 0.717) is 31.5 Å². The third kappa shape index (κ3) is 7.64. The van der Waals surface area contributed by atoms with Gasteiger partial charge in [0.2, 0.25) is 5.91 Å². The number of aromatic nitrogens is 1. The van der Waals surface area contributed by atoms with Gasteiger partial charge >= 0.3 is 6.36 Å². The summed E-state index contributed by atoms with van der Waals surface area (Å²) >= 11 is 0. The van der Waals surface area contributed by atoms with Gasteiger partial charge in [-0.15, -0.1) is 13.2 Å². The van der Waals surface area contributed by atoms with Crippen LogP contribution in [0.4, 0.5) is 13.2 Å². The van der Waals surface area contributed by atoms with E-state index in [1.165, 1.54) is 23.9 Å². The third-order valence-corrected chi connectivity index (χ3v) is 7.24. The van der Waals surface area contributed by atoms with Crippen LogP contribution in [0.5, 0.6) is 5.75 Å². The maximum atomic E-state index is 13.7. The Kier molecular flexibility index (Phi) is 9.01. The maximum absolute atomic E-state index is 13.7. The quantitative estimate of drug-likeness (QED) is 0.370. The van der Waals surface area contributed by atoms with E-state index >= 15 is 0 Å². The van der Waals surface area contributed by atoms with Crippen molar-refractivity contribution in [1.82, 2.24) is 20.1 Å². The Bertz CT molecular complexity index is 1320. The molecule has 1 aromatic heterocycles. The van der Waals surface area contributed by atoms with Crippen LogP contribution in [0.2, 0.25) is 0 Å². The topological polar surface area (TPSA) is 74.8 Å². The van der Waals surface area contributed by atoms with Crippen LogP contribution in [0.1, 0.15) is 60.4 Å². The van der Waals surface area contributed by atoms with E-state index in [1.807, 2.05) is 24.1 Å². The number of carbonyl (C=O) groups is 2. The van der Waals surface area contributed by atoms with Crippen LogP contribution in [-0.2, 0) is 16.6 Å². The van der Waals surface area contributed by atoms with Crippen molar-refractivity contribution >= 4 is 11.8 Å². The highest BCUT2D eigenvalue weighted by Gasteiger charge is 2.44. The number of nitrogens with zero attached hydrogens (tertiary/aromatic N) is 3. The molecule has 1 aliphatic heterocycles. The number of likely N-dealkylation sites (N-methyl/N-ethyl adjacent to an activating group) is 1. The molecule has 1 N–H and O–H groups in total. The molecule has 0 saturated carbocycles. The van der Waals surface area contributed by atoms with Crippen LogP contribution >= 0.6 is 0 Å². The lowest BCUT2D eigenvalue weighted by atomic mass is 9.86. The van der Waals surface area contributed by atoms with Gasteiger partial charge < -0.3 is 15.0 Å². The zero-order chi connectivity index (χ0) is 29.8. The number of hydrogen-bond donors (Lipinski definition) is 1. The first-order valence-corrected chi connectivity index (χ1v) is 13.5. The average molecular weight is 569 g/mol. The van der Waals surface area contributed by atoms with Gasteiger partial charge in [0.05, 0.1) is 11.6 Å². The molecule has 0 spiro atoms. The molecule has 1 aliphatic rings. The Morgan fingerprint density at radius 2 is 1.71 bits per heavy atom. The van der Waals surface area contributed by atoms with Gasteiger partial charge in [-0.25, -0.2) is 0 Å². The van der Waals surface area contributed by atoms with Gasteiger partial charge in [0.25, 0.3) is 5.91 Å². The highest BCUT2D eigenvalue weighted by molar-refractivity contribution is 5.93. The first kappa shape index (κ1) is 30.0. The Morgan fingerprint density at radius 1 is 1.02 bits per heavy atom. The molecule has 3 aromatic rings. The summed E-state index contributed by atoms with van der Waals surface area (Å²) in [6.45, 7) is 7.09. The predicted octanol–water partition coefficient (Wildman–Crippen LogP) is 5.48. The fourth-order valence-corrected chi connectivity index (χ4v) is 5.04. The minimum Gasteiger partial charge on any atom is -0.406 e. The summed E-state index contributed by atoms with van der Waals surface area (Å²) in [4.78, 5) is 34.0. The number of rotatable bonds is 9. The Balaban J connectivity index is 1.49. The zero-order valence-corrected chi connectivity index (χ0v) is 23.6. The second kappa shape index (κ2) is 12.3. The molecule has 1 saturated heterocycles. The van der Waals surface area contributed by atoms with E-state index in [9.17, 15) is 22.8 Å². The lowest BCUT2D eigenvalue weighted by Crippen LogP contribution is -2.36. The molecule has 41 heavy (non-hydrogen) atoms. The molecule has 2 atom stereocenters. The number of ether oxygens (including phenoxy) is 1. The second-order valence-corrected chi connectivity index (χ2v) is 11.2. The number of nitrogens with one attached hydrogen (secondary N) is 1. The standard InChI is InChI=1S/C31H35F3N4O3/c1-30(2,3)24-11-9-22(10-12-24)28-37(4)26(15-18-36-27(39)23-6-5-17-35-20-23)29(40)38(28)19-16-21-7-13-25(14-8-21)41-31(32,33)34/h5-14,17,20,26,28H,15-16,18-19H2,1-4H3,(H,36,39)/t26-,28+/m0/s1. The molecule has 0 bridgehead atoms. The molecule has 2 amide bonds. The summed E-state index contributed by atoms with van der Waals surface area (Å²) in [5, 5.41) is 2.87. The molecule has 0 unspecified atom stereocenters. The van der Waals surface area contributed by atoms with Crippen LogP contribution in [0.3, 0.4) is 0 Å². The highest BCUT2D eigenvalue weighted by atomic mass is 19.4. The number of amides is 2. The van der Waals surface area contributed by atoms with Gasteiger partial charge in [-0.1, -0.05) is 57.2 Å². The molecule has 0 aliphatic carbocycles. The van der Waals surface area contributed by atoms with Crippen molar-refractivity contribution < 1.29 is 27.5 Å². The fraction of sp³-hybridized carbons (Fsp3) is 0.387. The highest BCUT2D eigenvalue weighted by Crippen LogP contribution is 2.35. The Morgan fingerprint density at radius 3 is 2.29 bits per heavy atom. The molecule has 7 nitrogen and oxygen atoms in total. The molecule has 2 aromatic carbocycles. The van der Waals surface area contributed by atoms with Crippen molar-refractivity contribution in [2.75, 3.05) is 20.1 Å². The molecule has 2 heterocycles. The molecule has 0 radical (unpaired) electrons. The fourth-order valence-electron chi connectivity index (χ4n) is 5.04. The largest absolute Gasteiger partial charge is 0.573 e. The summed E-state index contributed by atoms with van der Waals surface area (Å²) in [5.74, 6) is -0.608. The number of halogens is 3. The van der Waals surface area contributed by atoms with Gasteiger partial charge in [-0.2, -0.15) is 0 Å². The second-order valence-electron chi connectivity index (χ2n) is 11.2. The number of hydrogen-bond acceptors (Lipinski definition) is 5. The van der Waals surface area contributed by atoms with E-state index in [1.54, 1.807) is 35.4 Å². The van der Waals surface area contributed by atoms with E-state index in [0.717, 1.165) is 11.1 Å². The summed E-state index contributed by atoms with van der Waals surface area (Å²) in [6.07, 6.45) is -1.14. The van der Waals surface area contributed by atoms with Gasteiger partial charge in [-0.05, 0) is 66.3 Å². The Hall–Kier alpha value is -3.92. The summed E-state index contributed by atoms with van der Waals surface area (Å²) in [7, 11) is 1.90. The molecular formula is C31H35F3N4O3. The van der Waals surface area contributed by atoms with Crippen molar-refractivity contribution in [2.45, 2.75) is 57.6 Å². The van der Waals surface area contributed by atoms with Gasteiger partial charge in [0, 0.05) is 25.5 Å². The monoisotopic (exact) mass is 568 g/mol. The smallest absolute Gasteiger partial charge is 0.406 e. The third-order valence-electron chi connectivity index (χ3n) is 7.24. The summed E-state index contributed by atoms with van der Waals surface area (Å²) in [5.41, 5.74) is 3.35. The minimum absolute atomic E-state index is 0.0212. The maximum Gasteiger partial charge on any atom is 0.573 e. The van der Waals surface area contributed by atoms with Crippen LogP contribution in [-0.4, -0.2) is 59.1 Å². The number of benzene rings is 2. The summed E-state index contributed by atoms with van der Waals surface area (Å²) in [6, 6.07) is 16.8. The van der Waals surface area contributed by atoms with Crippen molar-refractivity contribution in [3.05, 3.63) is 95.3 Å². The number of pyridine rings is 1. The van der Waals surface area contributed by atoms with E-state index in [-0.39, 0.29) is 29.1 Å². The van der Waals surface area contributed by atoms with E-state index in [2.05, 4.69) is 47.9 Å². The number of carbonyl (C=O) groups excluding carboxylic acids is 2. The normalized spacial score (nSPS) is 18.0. The Labute approximate surface area is 238 Å².